The Labute approximate surface area is 87.3 Å². The molecule has 0 unspecified atom stereocenters. The van der Waals surface area contributed by atoms with Gasteiger partial charge in [-0.3, -0.25) is 14.2 Å². The van der Waals surface area contributed by atoms with E-state index in [4.69, 9.17) is 0 Å². The monoisotopic (exact) mass is 204 g/mol. The largest absolute Gasteiger partial charge is 0.294 e. The molecule has 0 aliphatic heterocycles. The Morgan fingerprint density at radius 2 is 1.87 bits per heavy atom. The van der Waals surface area contributed by atoms with Crippen LogP contribution in [0.2, 0.25) is 0 Å². The van der Waals surface area contributed by atoms with Gasteiger partial charge < -0.3 is 0 Å². The van der Waals surface area contributed by atoms with Crippen molar-refractivity contribution in [2.45, 2.75) is 6.42 Å². The van der Waals surface area contributed by atoms with E-state index in [0.717, 1.165) is 5.56 Å². The fourth-order valence-electron chi connectivity index (χ4n) is 1.42. The second-order valence-electron chi connectivity index (χ2n) is 3.52. The lowest BCUT2D eigenvalue weighted by Crippen LogP contribution is -2.01. The SMILES string of the molecule is Cn1cc(CC(=O)c2cnn(C)c2)cn1. The van der Waals surface area contributed by atoms with Crippen molar-refractivity contribution < 1.29 is 4.79 Å². The van der Waals surface area contributed by atoms with E-state index >= 15 is 0 Å². The maximum atomic E-state index is 11.7. The summed E-state index contributed by atoms with van der Waals surface area (Å²) in [6.45, 7) is 0. The fraction of sp³-hybridized carbons (Fsp3) is 0.300. The Kier molecular flexibility index (Phi) is 2.37. The van der Waals surface area contributed by atoms with Gasteiger partial charge in [0.25, 0.3) is 0 Å². The molecule has 2 aromatic rings. The van der Waals surface area contributed by atoms with E-state index in [1.54, 1.807) is 35.0 Å². The predicted molar refractivity (Wildman–Crippen MR) is 54.5 cm³/mol. The van der Waals surface area contributed by atoms with Crippen LogP contribution in [-0.2, 0) is 20.5 Å². The second-order valence-corrected chi connectivity index (χ2v) is 3.52. The van der Waals surface area contributed by atoms with Gasteiger partial charge in [0.15, 0.2) is 5.78 Å². The number of rotatable bonds is 3. The number of aromatic nitrogens is 4. The summed E-state index contributed by atoms with van der Waals surface area (Å²) in [6.07, 6.45) is 7.22. The molecule has 0 aromatic carbocycles. The average Bonchev–Trinajstić information content (AvgIpc) is 2.75. The molecule has 0 fully saturated rings. The van der Waals surface area contributed by atoms with Crippen LogP contribution < -0.4 is 0 Å². The number of carbonyl (C=O) groups excluding carboxylic acids is 1. The van der Waals surface area contributed by atoms with Crippen LogP contribution in [0.4, 0.5) is 0 Å². The van der Waals surface area contributed by atoms with Crippen LogP contribution in [-0.4, -0.2) is 25.3 Å². The molecule has 15 heavy (non-hydrogen) atoms. The van der Waals surface area contributed by atoms with Gasteiger partial charge in [-0.25, -0.2) is 0 Å². The quantitative estimate of drug-likeness (QED) is 0.687. The molecule has 0 amide bonds. The van der Waals surface area contributed by atoms with Crippen molar-refractivity contribution in [3.05, 3.63) is 35.9 Å². The van der Waals surface area contributed by atoms with Crippen molar-refractivity contribution >= 4 is 5.78 Å². The van der Waals surface area contributed by atoms with E-state index in [1.165, 1.54) is 0 Å². The van der Waals surface area contributed by atoms with Gasteiger partial charge in [-0.1, -0.05) is 0 Å². The van der Waals surface area contributed by atoms with Crippen LogP contribution in [0.15, 0.2) is 24.8 Å². The van der Waals surface area contributed by atoms with E-state index in [0.29, 0.717) is 12.0 Å². The molecule has 0 saturated heterocycles. The van der Waals surface area contributed by atoms with Gasteiger partial charge in [0.05, 0.1) is 18.0 Å². The number of Topliss-reactive ketones (excluding diaryl/α,β-unsaturated/α-hetero) is 1. The van der Waals surface area contributed by atoms with Crippen LogP contribution in [0.1, 0.15) is 15.9 Å². The summed E-state index contributed by atoms with van der Waals surface area (Å²) in [4.78, 5) is 11.7. The number of ketones is 1. The molecule has 0 bridgehead atoms. The molecule has 0 atom stereocenters. The van der Waals surface area contributed by atoms with Crippen molar-refractivity contribution in [3.8, 4) is 0 Å². The van der Waals surface area contributed by atoms with Gasteiger partial charge in [0.2, 0.25) is 0 Å². The van der Waals surface area contributed by atoms with Crippen molar-refractivity contribution in [1.29, 1.82) is 0 Å². The lowest BCUT2D eigenvalue weighted by molar-refractivity contribution is 0.0993. The summed E-state index contributed by atoms with van der Waals surface area (Å²) in [5, 5.41) is 7.97. The van der Waals surface area contributed by atoms with E-state index in [-0.39, 0.29) is 5.78 Å². The summed E-state index contributed by atoms with van der Waals surface area (Å²) in [5.41, 5.74) is 1.56. The van der Waals surface area contributed by atoms with Crippen LogP contribution in [0.3, 0.4) is 0 Å². The van der Waals surface area contributed by atoms with Crippen LogP contribution >= 0.6 is 0 Å². The van der Waals surface area contributed by atoms with Gasteiger partial charge in [-0.15, -0.1) is 0 Å². The third kappa shape index (κ3) is 2.12. The maximum Gasteiger partial charge on any atom is 0.170 e. The van der Waals surface area contributed by atoms with E-state index in [9.17, 15) is 4.79 Å². The van der Waals surface area contributed by atoms with Gasteiger partial charge in [0, 0.05) is 32.9 Å². The number of hydrogen-bond acceptors (Lipinski definition) is 3. The number of nitrogens with zero attached hydrogens (tertiary/aromatic N) is 4. The molecular weight excluding hydrogens is 192 g/mol. The Morgan fingerprint density at radius 3 is 2.40 bits per heavy atom. The molecule has 0 saturated carbocycles. The molecule has 5 heteroatoms. The van der Waals surface area contributed by atoms with Gasteiger partial charge in [-0.2, -0.15) is 10.2 Å². The highest BCUT2D eigenvalue weighted by Crippen LogP contribution is 2.05. The van der Waals surface area contributed by atoms with Gasteiger partial charge >= 0.3 is 0 Å². The lowest BCUT2D eigenvalue weighted by atomic mass is 10.1. The Bertz CT molecular complexity index is 483. The Balaban J connectivity index is 2.10. The summed E-state index contributed by atoms with van der Waals surface area (Å²) in [5.74, 6) is 0.0658. The highest BCUT2D eigenvalue weighted by atomic mass is 16.1. The maximum absolute atomic E-state index is 11.7. The summed E-state index contributed by atoms with van der Waals surface area (Å²) in [6, 6.07) is 0. The first-order chi connectivity index (χ1) is 7.15. The first-order valence-corrected chi connectivity index (χ1v) is 4.64. The molecule has 78 valence electrons. The van der Waals surface area contributed by atoms with Crippen LogP contribution in [0.5, 0.6) is 0 Å². The summed E-state index contributed by atoms with van der Waals surface area (Å²) >= 11 is 0. The fourth-order valence-corrected chi connectivity index (χ4v) is 1.42. The highest BCUT2D eigenvalue weighted by molar-refractivity contribution is 5.96. The summed E-state index contributed by atoms with van der Waals surface area (Å²) < 4.78 is 3.31. The second kappa shape index (κ2) is 3.68. The molecular formula is C10H12N4O. The zero-order valence-corrected chi connectivity index (χ0v) is 8.71. The van der Waals surface area contributed by atoms with Crippen molar-refractivity contribution in [2.24, 2.45) is 14.1 Å². The topological polar surface area (TPSA) is 52.7 Å². The molecule has 0 spiro atoms. The lowest BCUT2D eigenvalue weighted by Gasteiger charge is -1.93. The third-order valence-corrected chi connectivity index (χ3v) is 2.15. The van der Waals surface area contributed by atoms with Crippen molar-refractivity contribution in [2.75, 3.05) is 0 Å². The van der Waals surface area contributed by atoms with E-state index in [1.807, 2.05) is 13.2 Å². The van der Waals surface area contributed by atoms with Crippen molar-refractivity contribution in [1.82, 2.24) is 19.6 Å². The third-order valence-electron chi connectivity index (χ3n) is 2.15. The Morgan fingerprint density at radius 1 is 1.20 bits per heavy atom. The predicted octanol–water partition coefficient (Wildman–Crippen LogP) is 0.579. The molecule has 5 nitrogen and oxygen atoms in total. The van der Waals surface area contributed by atoms with E-state index in [2.05, 4.69) is 10.2 Å². The molecule has 0 aliphatic rings. The molecule has 0 N–H and O–H groups in total. The molecule has 0 radical (unpaired) electrons. The smallest absolute Gasteiger partial charge is 0.170 e. The minimum atomic E-state index is 0.0658. The minimum absolute atomic E-state index is 0.0658. The van der Waals surface area contributed by atoms with Crippen molar-refractivity contribution in [3.63, 3.8) is 0 Å². The standard InChI is InChI=1S/C10H12N4O/c1-13-6-8(4-11-13)3-10(15)9-5-12-14(2)7-9/h4-7H,3H2,1-2H3. The number of carbonyl (C=O) groups is 1. The van der Waals surface area contributed by atoms with Crippen LogP contribution in [0, 0.1) is 0 Å². The normalized spacial score (nSPS) is 10.5. The zero-order valence-electron chi connectivity index (χ0n) is 8.71. The summed E-state index contributed by atoms with van der Waals surface area (Å²) in [7, 11) is 3.62. The number of hydrogen-bond donors (Lipinski definition) is 0. The molecule has 2 aromatic heterocycles. The first kappa shape index (κ1) is 9.64. The van der Waals surface area contributed by atoms with E-state index < -0.39 is 0 Å². The van der Waals surface area contributed by atoms with Crippen LogP contribution in [0.25, 0.3) is 0 Å². The van der Waals surface area contributed by atoms with Gasteiger partial charge in [-0.05, 0) is 5.56 Å². The molecule has 2 heterocycles. The average molecular weight is 204 g/mol. The zero-order chi connectivity index (χ0) is 10.8. The minimum Gasteiger partial charge on any atom is -0.294 e. The first-order valence-electron chi connectivity index (χ1n) is 4.64. The number of aryl methyl sites for hydroxylation is 2. The highest BCUT2D eigenvalue weighted by Gasteiger charge is 2.09. The Hall–Kier alpha value is -1.91. The molecule has 2 rings (SSSR count). The molecule has 0 aliphatic carbocycles. The van der Waals surface area contributed by atoms with Gasteiger partial charge in [0.1, 0.15) is 0 Å².